The molecule has 0 saturated heterocycles. The molecule has 0 fully saturated rings. The molecule has 6 heteroatoms. The smallest absolute Gasteiger partial charge is 0.248 e. The van der Waals surface area contributed by atoms with Gasteiger partial charge in [0.1, 0.15) is 5.82 Å². The Hall–Kier alpha value is -3.25. The molecule has 0 aliphatic heterocycles. The Bertz CT molecular complexity index is 945. The van der Waals surface area contributed by atoms with Crippen molar-refractivity contribution in [3.8, 4) is 11.3 Å². The first-order valence-corrected chi connectivity index (χ1v) is 8.41. The van der Waals surface area contributed by atoms with Gasteiger partial charge in [0, 0.05) is 37.0 Å². The number of methoxy groups -OCH3 is 1. The number of aromatic nitrogens is 2. The average Bonchev–Trinajstić information content (AvgIpc) is 3.03. The van der Waals surface area contributed by atoms with Gasteiger partial charge < -0.3 is 10.1 Å². The number of benzene rings is 2. The van der Waals surface area contributed by atoms with E-state index in [9.17, 15) is 9.18 Å². The van der Waals surface area contributed by atoms with E-state index in [1.807, 2.05) is 24.3 Å². The van der Waals surface area contributed by atoms with Crippen LogP contribution in [0.2, 0.25) is 0 Å². The summed E-state index contributed by atoms with van der Waals surface area (Å²) in [6.45, 7) is 0.529. The van der Waals surface area contributed by atoms with E-state index in [2.05, 4.69) is 10.4 Å². The van der Waals surface area contributed by atoms with Crippen LogP contribution in [0.15, 0.2) is 60.8 Å². The van der Waals surface area contributed by atoms with E-state index in [-0.39, 0.29) is 11.7 Å². The Balaban J connectivity index is 1.72. The van der Waals surface area contributed by atoms with Gasteiger partial charge in [0.05, 0.1) is 18.5 Å². The van der Waals surface area contributed by atoms with Crippen molar-refractivity contribution < 1.29 is 13.9 Å². The molecule has 138 valence electrons. The van der Waals surface area contributed by atoms with E-state index in [1.54, 1.807) is 43.2 Å². The van der Waals surface area contributed by atoms with Crippen LogP contribution in [0.5, 0.6) is 0 Å². The molecule has 5 nitrogen and oxygen atoms in total. The predicted molar refractivity (Wildman–Crippen MR) is 103 cm³/mol. The van der Waals surface area contributed by atoms with Crippen molar-refractivity contribution in [1.29, 1.82) is 0 Å². The Morgan fingerprint density at radius 1 is 1.19 bits per heavy atom. The highest BCUT2D eigenvalue weighted by Gasteiger charge is 2.09. The zero-order valence-corrected chi connectivity index (χ0v) is 15.1. The largest absolute Gasteiger partial charge is 0.380 e. The van der Waals surface area contributed by atoms with Crippen LogP contribution in [-0.4, -0.2) is 22.8 Å². The van der Waals surface area contributed by atoms with Crippen LogP contribution in [0.4, 0.5) is 10.1 Å². The summed E-state index contributed by atoms with van der Waals surface area (Å²) in [6, 6.07) is 13.6. The molecule has 1 N–H and O–H groups in total. The van der Waals surface area contributed by atoms with Crippen LogP contribution in [0, 0.1) is 5.82 Å². The zero-order chi connectivity index (χ0) is 19.2. The van der Waals surface area contributed by atoms with Crippen molar-refractivity contribution in [3.63, 3.8) is 0 Å². The Kier molecular flexibility index (Phi) is 5.78. The van der Waals surface area contributed by atoms with Crippen molar-refractivity contribution in [3.05, 3.63) is 77.7 Å². The number of aryl methyl sites for hydroxylation is 1. The van der Waals surface area contributed by atoms with E-state index in [0.29, 0.717) is 12.3 Å². The maximum atomic E-state index is 13.2. The van der Waals surface area contributed by atoms with Crippen molar-refractivity contribution in [2.75, 3.05) is 12.4 Å². The number of hydrogen-bond acceptors (Lipinski definition) is 3. The topological polar surface area (TPSA) is 56.1 Å². The minimum absolute atomic E-state index is 0.247. The van der Waals surface area contributed by atoms with Crippen LogP contribution >= 0.6 is 0 Å². The van der Waals surface area contributed by atoms with Crippen LogP contribution < -0.4 is 5.32 Å². The summed E-state index contributed by atoms with van der Waals surface area (Å²) in [5.74, 6) is -0.544. The summed E-state index contributed by atoms with van der Waals surface area (Å²) in [5.41, 5.74) is 4.14. The molecule has 2 aromatic carbocycles. The van der Waals surface area contributed by atoms with Crippen molar-refractivity contribution in [1.82, 2.24) is 9.78 Å². The number of halogens is 1. The molecule has 1 aromatic heterocycles. The monoisotopic (exact) mass is 365 g/mol. The molecule has 1 amide bonds. The lowest BCUT2D eigenvalue weighted by Gasteiger charge is -2.05. The summed E-state index contributed by atoms with van der Waals surface area (Å²) >= 11 is 0. The Labute approximate surface area is 157 Å². The average molecular weight is 365 g/mol. The van der Waals surface area contributed by atoms with Crippen LogP contribution in [0.3, 0.4) is 0 Å². The molecular weight excluding hydrogens is 345 g/mol. The number of nitrogens with one attached hydrogen (secondary N) is 1. The lowest BCUT2D eigenvalue weighted by atomic mass is 10.1. The summed E-state index contributed by atoms with van der Waals surface area (Å²) in [4.78, 5) is 12.2. The molecule has 3 rings (SSSR count). The summed E-state index contributed by atoms with van der Waals surface area (Å²) in [7, 11) is 3.44. The number of nitrogens with zero attached hydrogens (tertiary/aromatic N) is 2. The fourth-order valence-electron chi connectivity index (χ4n) is 2.74. The standard InChI is InChI=1S/C21H20FN3O2/c1-25-21(16-5-8-18(22)9-6-16)17(13-23-25)7-12-20(26)24-19-10-3-15(4-11-19)14-27-2/h3-13H,14H2,1-2H3,(H,24,26)/b12-7+. The fourth-order valence-corrected chi connectivity index (χ4v) is 2.74. The van der Waals surface area contributed by atoms with Gasteiger partial charge in [-0.1, -0.05) is 12.1 Å². The third kappa shape index (κ3) is 4.68. The molecule has 0 bridgehead atoms. The lowest BCUT2D eigenvalue weighted by molar-refractivity contribution is -0.111. The number of ether oxygens (including phenoxy) is 1. The highest BCUT2D eigenvalue weighted by atomic mass is 19.1. The van der Waals surface area contributed by atoms with Crippen LogP contribution in [0.1, 0.15) is 11.1 Å². The fraction of sp³-hybridized carbons (Fsp3) is 0.143. The molecule has 0 aliphatic rings. The minimum atomic E-state index is -0.297. The van der Waals surface area contributed by atoms with Gasteiger partial charge in [0.25, 0.3) is 0 Å². The number of anilines is 1. The molecule has 0 spiro atoms. The molecule has 0 aliphatic carbocycles. The van der Waals surface area contributed by atoms with Gasteiger partial charge in [-0.05, 0) is 48.0 Å². The summed E-state index contributed by atoms with van der Waals surface area (Å²) in [6.07, 6.45) is 4.81. The highest BCUT2D eigenvalue weighted by molar-refractivity contribution is 6.02. The number of carbonyl (C=O) groups excluding carboxylic acids is 1. The maximum Gasteiger partial charge on any atom is 0.248 e. The Morgan fingerprint density at radius 2 is 1.89 bits per heavy atom. The first kappa shape index (κ1) is 18.5. The molecule has 0 saturated carbocycles. The number of carbonyl (C=O) groups is 1. The summed E-state index contributed by atoms with van der Waals surface area (Å²) < 4.78 is 19.9. The van der Waals surface area contributed by atoms with E-state index in [0.717, 1.165) is 22.4 Å². The second kappa shape index (κ2) is 8.42. The summed E-state index contributed by atoms with van der Waals surface area (Å²) in [5, 5.41) is 7.04. The van der Waals surface area contributed by atoms with Gasteiger partial charge >= 0.3 is 0 Å². The van der Waals surface area contributed by atoms with Crippen LogP contribution in [0.25, 0.3) is 17.3 Å². The van der Waals surface area contributed by atoms with Crippen molar-refractivity contribution >= 4 is 17.7 Å². The van der Waals surface area contributed by atoms with Gasteiger partial charge in [-0.3, -0.25) is 9.48 Å². The van der Waals surface area contributed by atoms with Crippen molar-refractivity contribution in [2.24, 2.45) is 7.05 Å². The van der Waals surface area contributed by atoms with Crippen molar-refractivity contribution in [2.45, 2.75) is 6.61 Å². The van der Waals surface area contributed by atoms with E-state index < -0.39 is 0 Å². The van der Waals surface area contributed by atoms with E-state index in [1.165, 1.54) is 18.2 Å². The molecule has 27 heavy (non-hydrogen) atoms. The quantitative estimate of drug-likeness (QED) is 0.671. The minimum Gasteiger partial charge on any atom is -0.380 e. The second-order valence-electron chi connectivity index (χ2n) is 6.03. The molecule has 1 heterocycles. The normalized spacial score (nSPS) is 11.1. The molecule has 0 radical (unpaired) electrons. The number of hydrogen-bond donors (Lipinski definition) is 1. The molecule has 3 aromatic rings. The molecular formula is C21H20FN3O2. The van der Waals surface area contributed by atoms with E-state index >= 15 is 0 Å². The Morgan fingerprint density at radius 3 is 2.56 bits per heavy atom. The molecule has 0 unspecified atom stereocenters. The van der Waals surface area contributed by atoms with Crippen LogP contribution in [-0.2, 0) is 23.2 Å². The number of rotatable bonds is 6. The maximum absolute atomic E-state index is 13.2. The van der Waals surface area contributed by atoms with Gasteiger partial charge in [0.2, 0.25) is 5.91 Å². The third-order valence-electron chi connectivity index (χ3n) is 4.03. The third-order valence-corrected chi connectivity index (χ3v) is 4.03. The second-order valence-corrected chi connectivity index (χ2v) is 6.03. The predicted octanol–water partition coefficient (Wildman–Crippen LogP) is 4.02. The van der Waals surface area contributed by atoms with Gasteiger partial charge in [-0.2, -0.15) is 5.10 Å². The first-order valence-electron chi connectivity index (χ1n) is 8.41. The molecule has 0 atom stereocenters. The highest BCUT2D eigenvalue weighted by Crippen LogP contribution is 2.24. The van der Waals surface area contributed by atoms with Gasteiger partial charge in [-0.15, -0.1) is 0 Å². The van der Waals surface area contributed by atoms with Gasteiger partial charge in [-0.25, -0.2) is 4.39 Å². The van der Waals surface area contributed by atoms with Gasteiger partial charge in [0.15, 0.2) is 0 Å². The SMILES string of the molecule is COCc1ccc(NC(=O)/C=C/c2cnn(C)c2-c2ccc(F)cc2)cc1. The number of amides is 1. The lowest BCUT2D eigenvalue weighted by Crippen LogP contribution is -2.07. The first-order chi connectivity index (χ1) is 13.1. The van der Waals surface area contributed by atoms with E-state index in [4.69, 9.17) is 4.74 Å². The zero-order valence-electron chi connectivity index (χ0n) is 15.1.